The van der Waals surface area contributed by atoms with Crippen LogP contribution in [0.4, 0.5) is 15.9 Å². The van der Waals surface area contributed by atoms with Crippen LogP contribution in [0.3, 0.4) is 0 Å². The van der Waals surface area contributed by atoms with Gasteiger partial charge in [-0.05, 0) is 13.0 Å². The maximum absolute atomic E-state index is 14.4. The molecule has 3 aromatic rings. The molecule has 3 aromatic heterocycles. The number of hydrogen-bond donors (Lipinski definition) is 1. The summed E-state index contributed by atoms with van der Waals surface area (Å²) in [5.74, 6) is 1.24. The Morgan fingerprint density at radius 1 is 1.00 bits per heavy atom. The molecule has 5 heterocycles. The molecule has 0 radical (unpaired) electrons. The smallest absolute Gasteiger partial charge is 0.216 e. The molecule has 0 bridgehead atoms. The van der Waals surface area contributed by atoms with Crippen LogP contribution in [0.25, 0.3) is 11.6 Å². The first-order valence-electron chi connectivity index (χ1n) is 10.2. The molecule has 0 saturated carbocycles. The number of pyridine rings is 1. The van der Waals surface area contributed by atoms with Crippen LogP contribution < -0.4 is 15.1 Å². The van der Waals surface area contributed by atoms with Crippen LogP contribution in [0, 0.1) is 5.95 Å². The van der Waals surface area contributed by atoms with Gasteiger partial charge < -0.3 is 15.1 Å². The van der Waals surface area contributed by atoms with Gasteiger partial charge in [0.05, 0.1) is 11.7 Å². The van der Waals surface area contributed by atoms with E-state index < -0.39 is 5.95 Å². The number of piperazine rings is 1. The summed E-state index contributed by atoms with van der Waals surface area (Å²) < 4.78 is 14.4. The molecule has 1 N–H and O–H groups in total. The number of nitrogens with one attached hydrogen (secondary N) is 1. The van der Waals surface area contributed by atoms with Crippen molar-refractivity contribution in [1.29, 1.82) is 0 Å². The van der Waals surface area contributed by atoms with Crippen molar-refractivity contribution in [2.75, 3.05) is 42.5 Å². The largest absolute Gasteiger partial charge is 0.369 e. The first-order valence-corrected chi connectivity index (χ1v) is 10.2. The minimum Gasteiger partial charge on any atom is -0.369 e. The number of fused-ring (bicyclic) bond motifs is 1. The molecule has 30 heavy (non-hydrogen) atoms. The van der Waals surface area contributed by atoms with E-state index in [1.165, 1.54) is 6.07 Å². The topological polar surface area (TPSA) is 83.0 Å². The quantitative estimate of drug-likeness (QED) is 0.662. The van der Waals surface area contributed by atoms with Gasteiger partial charge in [0.1, 0.15) is 5.82 Å². The predicted molar refractivity (Wildman–Crippen MR) is 112 cm³/mol. The lowest BCUT2D eigenvalue weighted by Gasteiger charge is -2.36. The highest BCUT2D eigenvalue weighted by atomic mass is 19.1. The van der Waals surface area contributed by atoms with Gasteiger partial charge in [-0.2, -0.15) is 4.39 Å². The van der Waals surface area contributed by atoms with Crippen LogP contribution in [0.2, 0.25) is 0 Å². The van der Waals surface area contributed by atoms with Crippen molar-refractivity contribution in [2.24, 2.45) is 0 Å². The fraction of sp³-hybridized carbons (Fsp3) is 0.381. The molecule has 1 atom stereocenters. The second kappa shape index (κ2) is 7.91. The van der Waals surface area contributed by atoms with E-state index >= 15 is 0 Å². The molecule has 2 aliphatic rings. The lowest BCUT2D eigenvalue weighted by Crippen LogP contribution is -2.43. The van der Waals surface area contributed by atoms with Crippen LogP contribution >= 0.6 is 0 Å². The Morgan fingerprint density at radius 3 is 2.60 bits per heavy atom. The molecule has 0 amide bonds. The number of rotatable bonds is 3. The van der Waals surface area contributed by atoms with Crippen LogP contribution in [0.15, 0.2) is 36.8 Å². The van der Waals surface area contributed by atoms with Gasteiger partial charge in [-0.25, -0.2) is 24.9 Å². The van der Waals surface area contributed by atoms with Crippen molar-refractivity contribution in [3.63, 3.8) is 0 Å². The molecule has 154 valence electrons. The van der Waals surface area contributed by atoms with Crippen molar-refractivity contribution < 1.29 is 4.39 Å². The van der Waals surface area contributed by atoms with Crippen LogP contribution in [0.5, 0.6) is 0 Å². The minimum absolute atomic E-state index is 0.00957. The van der Waals surface area contributed by atoms with Crippen molar-refractivity contribution in [3.8, 4) is 11.6 Å². The second-order valence-corrected chi connectivity index (χ2v) is 7.53. The fourth-order valence-electron chi connectivity index (χ4n) is 4.12. The Bertz CT molecular complexity index is 1040. The molecule has 0 aliphatic carbocycles. The zero-order valence-electron chi connectivity index (χ0n) is 16.8. The third kappa shape index (κ3) is 3.56. The average Bonchev–Trinajstić information content (AvgIpc) is 2.80. The SMILES string of the molecule is CC1c2cnc(-c3ncccn3)nc2CCN1c1cc(N2CCNCC2)cc(F)n1. The molecular formula is C21H23FN8. The summed E-state index contributed by atoms with van der Waals surface area (Å²) in [5.41, 5.74) is 2.88. The first kappa shape index (κ1) is 18.8. The highest BCUT2D eigenvalue weighted by Crippen LogP contribution is 2.33. The zero-order chi connectivity index (χ0) is 20.5. The molecule has 0 spiro atoms. The van der Waals surface area contributed by atoms with E-state index in [0.29, 0.717) is 24.0 Å². The van der Waals surface area contributed by atoms with Gasteiger partial charge in [0.15, 0.2) is 11.6 Å². The van der Waals surface area contributed by atoms with Gasteiger partial charge in [-0.1, -0.05) is 0 Å². The molecule has 1 saturated heterocycles. The number of anilines is 2. The summed E-state index contributed by atoms with van der Waals surface area (Å²) in [6.45, 7) is 6.31. The Labute approximate surface area is 174 Å². The third-order valence-corrected chi connectivity index (χ3v) is 5.71. The summed E-state index contributed by atoms with van der Waals surface area (Å²) in [4.78, 5) is 26.2. The Kier molecular flexibility index (Phi) is 4.96. The summed E-state index contributed by atoms with van der Waals surface area (Å²) in [5, 5.41) is 3.33. The lowest BCUT2D eigenvalue weighted by molar-refractivity contribution is 0.556. The normalized spacial score (nSPS) is 18.9. The molecule has 1 fully saturated rings. The molecule has 1 unspecified atom stereocenters. The van der Waals surface area contributed by atoms with E-state index in [4.69, 9.17) is 4.98 Å². The Balaban J connectivity index is 1.43. The van der Waals surface area contributed by atoms with Crippen LogP contribution in [-0.2, 0) is 6.42 Å². The number of nitrogens with zero attached hydrogens (tertiary/aromatic N) is 7. The Morgan fingerprint density at radius 2 is 1.80 bits per heavy atom. The van der Waals surface area contributed by atoms with E-state index in [1.54, 1.807) is 18.5 Å². The second-order valence-electron chi connectivity index (χ2n) is 7.53. The standard InChI is InChI=1S/C21H23FN8/c1-14-16-13-26-21(20-24-4-2-5-25-20)27-17(16)3-8-30(14)19-12-15(11-18(22)28-19)29-9-6-23-7-10-29/h2,4-5,11-14,23H,3,6-10H2,1H3. The Hall–Kier alpha value is -3.20. The molecule has 8 nitrogen and oxygen atoms in total. The summed E-state index contributed by atoms with van der Waals surface area (Å²) in [6.07, 6.45) is 5.92. The summed E-state index contributed by atoms with van der Waals surface area (Å²) >= 11 is 0. The van der Waals surface area contributed by atoms with Crippen molar-refractivity contribution in [3.05, 3.63) is 54.0 Å². The van der Waals surface area contributed by atoms with Crippen LogP contribution in [0.1, 0.15) is 24.2 Å². The predicted octanol–water partition coefficient (Wildman–Crippen LogP) is 2.00. The first-order chi connectivity index (χ1) is 14.7. The van der Waals surface area contributed by atoms with Crippen molar-refractivity contribution in [2.45, 2.75) is 19.4 Å². The van der Waals surface area contributed by atoms with Crippen molar-refractivity contribution >= 4 is 11.5 Å². The van der Waals surface area contributed by atoms with Gasteiger partial charge in [-0.3, -0.25) is 0 Å². The maximum atomic E-state index is 14.4. The van der Waals surface area contributed by atoms with E-state index in [9.17, 15) is 4.39 Å². The molecule has 9 heteroatoms. The highest BCUT2D eigenvalue weighted by molar-refractivity contribution is 5.57. The van der Waals surface area contributed by atoms with Crippen molar-refractivity contribution in [1.82, 2.24) is 30.2 Å². The third-order valence-electron chi connectivity index (χ3n) is 5.71. The minimum atomic E-state index is -0.452. The number of aromatic nitrogens is 5. The zero-order valence-corrected chi connectivity index (χ0v) is 16.8. The maximum Gasteiger partial charge on any atom is 0.216 e. The van der Waals surface area contributed by atoms with E-state index in [2.05, 4.69) is 42.0 Å². The number of halogens is 1. The van der Waals surface area contributed by atoms with E-state index in [-0.39, 0.29) is 6.04 Å². The molecule has 0 aromatic carbocycles. The highest BCUT2D eigenvalue weighted by Gasteiger charge is 2.28. The van der Waals surface area contributed by atoms with Gasteiger partial charge in [0, 0.05) is 81.1 Å². The van der Waals surface area contributed by atoms with Gasteiger partial charge in [0.2, 0.25) is 5.95 Å². The number of hydrogen-bond acceptors (Lipinski definition) is 8. The van der Waals surface area contributed by atoms with Gasteiger partial charge in [-0.15, -0.1) is 0 Å². The summed E-state index contributed by atoms with van der Waals surface area (Å²) in [6, 6.07) is 5.27. The van der Waals surface area contributed by atoms with Crippen LogP contribution in [-0.4, -0.2) is 57.6 Å². The average molecular weight is 406 g/mol. The molecule has 5 rings (SSSR count). The summed E-state index contributed by atoms with van der Waals surface area (Å²) in [7, 11) is 0. The monoisotopic (exact) mass is 406 g/mol. The lowest BCUT2D eigenvalue weighted by atomic mass is 9.99. The van der Waals surface area contributed by atoms with Gasteiger partial charge >= 0.3 is 0 Å². The van der Waals surface area contributed by atoms with E-state index in [0.717, 1.165) is 49.5 Å². The molecular weight excluding hydrogens is 383 g/mol. The fourth-order valence-corrected chi connectivity index (χ4v) is 4.12. The van der Waals surface area contributed by atoms with Gasteiger partial charge in [0.25, 0.3) is 0 Å². The van der Waals surface area contributed by atoms with E-state index in [1.807, 2.05) is 12.3 Å². The molecule has 2 aliphatic heterocycles.